The molecule has 0 bridgehead atoms. The summed E-state index contributed by atoms with van der Waals surface area (Å²) < 4.78 is 0. The van der Waals surface area contributed by atoms with Crippen LogP contribution < -0.4 is 11.2 Å². The summed E-state index contributed by atoms with van der Waals surface area (Å²) in [5.41, 5.74) is 15.7. The Bertz CT molecular complexity index is 1610. The number of hydrogen-bond donors (Lipinski definition) is 2. The number of rotatable bonds is 8. The Morgan fingerprint density at radius 1 is 0.479 bits per heavy atom. The number of nitrogens with one attached hydrogen (secondary N) is 2. The van der Waals surface area contributed by atoms with Gasteiger partial charge in [-0.3, -0.25) is 9.68 Å². The third kappa shape index (κ3) is 5.27. The molecule has 0 saturated heterocycles. The third-order valence-corrected chi connectivity index (χ3v) is 11.1. The van der Waals surface area contributed by atoms with Crippen molar-refractivity contribution in [1.29, 1.82) is 0 Å². The zero-order valence-electron chi connectivity index (χ0n) is 29.7. The monoisotopic (exact) mass is 642 g/mol. The van der Waals surface area contributed by atoms with Crippen molar-refractivity contribution in [3.05, 3.63) is 148 Å². The fourth-order valence-electron chi connectivity index (χ4n) is 8.77. The SMILES string of the molecule is CC1(C)c2ccccc2C(C)(C)N1NO[C@H]1CC[C@@H](ONN2C(C)(C)c3ccccc3C2(C)C)C1=C(c1ccccc1)c1ccccc1. The van der Waals surface area contributed by atoms with Crippen LogP contribution >= 0.6 is 0 Å². The average molecular weight is 643 g/mol. The van der Waals surface area contributed by atoms with Gasteiger partial charge in [0.05, 0.1) is 22.2 Å². The van der Waals surface area contributed by atoms with Crippen LogP contribution in [-0.4, -0.2) is 22.2 Å². The summed E-state index contributed by atoms with van der Waals surface area (Å²) in [6.07, 6.45) is 1.18. The molecule has 6 heteroatoms. The van der Waals surface area contributed by atoms with Crippen molar-refractivity contribution < 1.29 is 9.68 Å². The molecule has 0 spiro atoms. The minimum atomic E-state index is -0.274. The highest BCUT2D eigenvalue weighted by Crippen LogP contribution is 2.50. The molecule has 2 heterocycles. The smallest absolute Gasteiger partial charge is 0.105 e. The molecule has 2 N–H and O–H groups in total. The van der Waals surface area contributed by atoms with Crippen molar-refractivity contribution in [2.24, 2.45) is 0 Å². The maximum atomic E-state index is 6.86. The first-order valence-corrected chi connectivity index (χ1v) is 17.3. The van der Waals surface area contributed by atoms with Crippen LogP contribution in [0.5, 0.6) is 0 Å². The summed E-state index contributed by atoms with van der Waals surface area (Å²) in [4.78, 5) is 13.7. The van der Waals surface area contributed by atoms with E-state index in [1.165, 1.54) is 22.3 Å². The van der Waals surface area contributed by atoms with Crippen LogP contribution in [0, 0.1) is 0 Å². The summed E-state index contributed by atoms with van der Waals surface area (Å²) in [5, 5.41) is 4.54. The molecule has 1 saturated carbocycles. The Morgan fingerprint density at radius 2 is 0.771 bits per heavy atom. The lowest BCUT2D eigenvalue weighted by Gasteiger charge is -2.41. The van der Waals surface area contributed by atoms with Gasteiger partial charge in [-0.1, -0.05) is 109 Å². The molecule has 2 atom stereocenters. The molecule has 2 aliphatic heterocycles. The molecule has 6 nitrogen and oxygen atoms in total. The molecule has 0 aromatic heterocycles. The Kier molecular flexibility index (Phi) is 8.27. The summed E-state index contributed by atoms with van der Waals surface area (Å²) in [5.74, 6) is 0. The van der Waals surface area contributed by atoms with Crippen LogP contribution in [0.15, 0.2) is 115 Å². The van der Waals surface area contributed by atoms with Gasteiger partial charge >= 0.3 is 0 Å². The third-order valence-electron chi connectivity index (χ3n) is 11.1. The fraction of sp³-hybridized carbons (Fsp3) is 0.381. The minimum Gasteiger partial charge on any atom is -0.279 e. The van der Waals surface area contributed by atoms with Crippen LogP contribution in [0.4, 0.5) is 0 Å². The van der Waals surface area contributed by atoms with Crippen LogP contribution in [0.1, 0.15) is 102 Å². The predicted molar refractivity (Wildman–Crippen MR) is 193 cm³/mol. The lowest BCUT2D eigenvalue weighted by Crippen LogP contribution is -2.55. The molecule has 0 radical (unpaired) electrons. The van der Waals surface area contributed by atoms with E-state index in [0.29, 0.717) is 0 Å². The molecule has 3 aliphatic rings. The molecule has 250 valence electrons. The van der Waals surface area contributed by atoms with Crippen molar-refractivity contribution in [2.75, 3.05) is 0 Å². The topological polar surface area (TPSA) is 49.0 Å². The summed E-state index contributed by atoms with van der Waals surface area (Å²) in [6.45, 7) is 18.1. The van der Waals surface area contributed by atoms with Gasteiger partial charge in [-0.2, -0.15) is 0 Å². The van der Waals surface area contributed by atoms with E-state index in [1.54, 1.807) is 0 Å². The second-order valence-electron chi connectivity index (χ2n) is 15.5. The van der Waals surface area contributed by atoms with E-state index in [0.717, 1.165) is 35.1 Å². The lowest BCUT2D eigenvalue weighted by atomic mass is 9.90. The molecule has 1 fully saturated rings. The van der Waals surface area contributed by atoms with E-state index >= 15 is 0 Å². The van der Waals surface area contributed by atoms with Gasteiger partial charge in [0, 0.05) is 0 Å². The molecule has 4 aromatic carbocycles. The van der Waals surface area contributed by atoms with E-state index in [9.17, 15) is 0 Å². The maximum absolute atomic E-state index is 6.86. The lowest BCUT2D eigenvalue weighted by molar-refractivity contribution is -0.186. The summed E-state index contributed by atoms with van der Waals surface area (Å²) in [6, 6.07) is 38.8. The van der Waals surface area contributed by atoms with Gasteiger partial charge in [-0.25, -0.2) is 10.0 Å². The van der Waals surface area contributed by atoms with Crippen LogP contribution in [0.3, 0.4) is 0 Å². The molecule has 1 aliphatic carbocycles. The molecule has 0 unspecified atom stereocenters. The maximum Gasteiger partial charge on any atom is 0.105 e. The Labute approximate surface area is 286 Å². The van der Waals surface area contributed by atoms with Crippen LogP contribution in [0.25, 0.3) is 5.57 Å². The van der Waals surface area contributed by atoms with Gasteiger partial charge in [0.25, 0.3) is 0 Å². The first-order chi connectivity index (χ1) is 22.9. The summed E-state index contributed by atoms with van der Waals surface area (Å²) in [7, 11) is 0. The first kappa shape index (κ1) is 32.9. The molecule has 7 rings (SSSR count). The standard InChI is InChI=1S/C42H50N4O2/c1-39(2)31-23-15-16-24-32(31)40(3,4)45(39)43-47-35-27-28-36(38(35)37(29-19-11-9-12-20-29)30-21-13-10-14-22-30)48-44-46-41(5,6)33-25-17-18-26-34(33)42(46,7)8/h9-26,35-36,43-44H,27-28H2,1-8H3/t35-,36+. The molecule has 48 heavy (non-hydrogen) atoms. The highest BCUT2D eigenvalue weighted by atomic mass is 16.7. The molecule has 4 aromatic rings. The number of hydrogen-bond acceptors (Lipinski definition) is 6. The van der Waals surface area contributed by atoms with Crippen molar-refractivity contribution in [3.8, 4) is 0 Å². The minimum absolute atomic E-state index is 0.223. The van der Waals surface area contributed by atoms with Gasteiger partial charge in [-0.05, 0) is 113 Å². The number of benzene rings is 4. The number of nitrogens with zero attached hydrogens (tertiary/aromatic N) is 2. The van der Waals surface area contributed by atoms with Crippen molar-refractivity contribution in [1.82, 2.24) is 21.2 Å². The van der Waals surface area contributed by atoms with Crippen LogP contribution in [-0.2, 0) is 31.8 Å². The van der Waals surface area contributed by atoms with Crippen LogP contribution in [0.2, 0.25) is 0 Å². The van der Waals surface area contributed by atoms with Gasteiger partial charge in [0.15, 0.2) is 0 Å². The number of fused-ring (bicyclic) bond motifs is 2. The molecular weight excluding hydrogens is 592 g/mol. The zero-order chi connectivity index (χ0) is 33.9. The normalized spacial score (nSPS) is 23.6. The Balaban J connectivity index is 1.25. The number of hydrazine groups is 2. The molecule has 0 amide bonds. The second kappa shape index (κ2) is 12.1. The van der Waals surface area contributed by atoms with Crippen molar-refractivity contribution in [2.45, 2.75) is 103 Å². The van der Waals surface area contributed by atoms with E-state index in [-0.39, 0.29) is 34.4 Å². The van der Waals surface area contributed by atoms with Crippen molar-refractivity contribution in [3.63, 3.8) is 0 Å². The van der Waals surface area contributed by atoms with Gasteiger partial charge in [0.2, 0.25) is 0 Å². The zero-order valence-corrected chi connectivity index (χ0v) is 29.7. The summed E-state index contributed by atoms with van der Waals surface area (Å²) >= 11 is 0. The largest absolute Gasteiger partial charge is 0.279 e. The average Bonchev–Trinajstić information content (AvgIpc) is 3.59. The van der Waals surface area contributed by atoms with E-state index in [4.69, 9.17) is 9.68 Å². The first-order valence-electron chi connectivity index (χ1n) is 17.3. The van der Waals surface area contributed by atoms with Gasteiger partial charge in [-0.15, -0.1) is 11.2 Å². The van der Waals surface area contributed by atoms with Gasteiger partial charge < -0.3 is 0 Å². The Morgan fingerprint density at radius 3 is 1.08 bits per heavy atom. The van der Waals surface area contributed by atoms with E-state index in [2.05, 4.69) is 186 Å². The fourth-order valence-corrected chi connectivity index (χ4v) is 8.77. The molecular formula is C42H50N4O2. The predicted octanol–water partition coefficient (Wildman–Crippen LogP) is 8.86. The van der Waals surface area contributed by atoms with E-state index in [1.807, 2.05) is 0 Å². The quantitative estimate of drug-likeness (QED) is 0.187. The highest BCUT2D eigenvalue weighted by molar-refractivity contribution is 5.83. The second-order valence-corrected chi connectivity index (χ2v) is 15.5. The van der Waals surface area contributed by atoms with Gasteiger partial charge in [0.1, 0.15) is 12.2 Å². The van der Waals surface area contributed by atoms with E-state index < -0.39 is 0 Å². The van der Waals surface area contributed by atoms with Crippen molar-refractivity contribution >= 4 is 5.57 Å². The Hall–Kier alpha value is -3.62. The highest BCUT2D eigenvalue weighted by Gasteiger charge is 2.51.